The Labute approximate surface area is 166 Å². The maximum atomic E-state index is 12.4. The molecule has 0 saturated heterocycles. The van der Waals surface area contributed by atoms with E-state index in [1.54, 1.807) is 6.07 Å². The van der Waals surface area contributed by atoms with Gasteiger partial charge in [0.05, 0.1) is 17.1 Å². The van der Waals surface area contributed by atoms with E-state index in [-0.39, 0.29) is 12.2 Å². The highest BCUT2D eigenvalue weighted by atomic mass is 35.5. The van der Waals surface area contributed by atoms with Gasteiger partial charge in [0.15, 0.2) is 0 Å². The first kappa shape index (κ1) is 18.2. The molecule has 0 amide bonds. The zero-order chi connectivity index (χ0) is 19.1. The van der Waals surface area contributed by atoms with Crippen molar-refractivity contribution < 1.29 is 5.11 Å². The van der Waals surface area contributed by atoms with Gasteiger partial charge >= 0.3 is 0 Å². The summed E-state index contributed by atoms with van der Waals surface area (Å²) < 4.78 is 0.673. The van der Waals surface area contributed by atoms with Crippen molar-refractivity contribution in [1.82, 2.24) is 4.98 Å². The van der Waals surface area contributed by atoms with E-state index >= 15 is 0 Å². The molecular formula is C22H20ClNO2S. The number of benzene rings is 2. The first-order chi connectivity index (χ1) is 13.0. The fourth-order valence-corrected chi connectivity index (χ4v) is 4.75. The molecule has 0 atom stereocenters. The lowest BCUT2D eigenvalue weighted by Gasteiger charge is -2.15. The molecule has 2 aromatic carbocycles. The highest BCUT2D eigenvalue weighted by molar-refractivity contribution is 7.17. The van der Waals surface area contributed by atoms with Crippen LogP contribution in [-0.2, 0) is 13.0 Å². The molecule has 3 nitrogen and oxygen atoms in total. The molecule has 0 radical (unpaired) electrons. The first-order valence-corrected chi connectivity index (χ1v) is 10.2. The average Bonchev–Trinajstić information content (AvgIpc) is 3.13. The Bertz CT molecular complexity index is 1190. The van der Waals surface area contributed by atoms with Crippen LogP contribution in [0.4, 0.5) is 0 Å². The summed E-state index contributed by atoms with van der Waals surface area (Å²) in [6.07, 6.45) is 1.02. The maximum absolute atomic E-state index is 12.4. The van der Waals surface area contributed by atoms with Crippen molar-refractivity contribution in [3.8, 4) is 11.1 Å². The van der Waals surface area contributed by atoms with Crippen LogP contribution in [-0.4, -0.2) is 10.1 Å². The summed E-state index contributed by atoms with van der Waals surface area (Å²) in [5.41, 5.74) is 4.45. The summed E-state index contributed by atoms with van der Waals surface area (Å²) in [7, 11) is 0. The predicted molar refractivity (Wildman–Crippen MR) is 115 cm³/mol. The maximum Gasteiger partial charge on any atom is 0.266 e. The van der Waals surface area contributed by atoms with Crippen LogP contribution in [0.2, 0.25) is 5.02 Å². The number of aliphatic hydroxyl groups is 1. The topological polar surface area (TPSA) is 53.1 Å². The molecule has 0 aliphatic rings. The van der Waals surface area contributed by atoms with E-state index in [0.717, 1.165) is 33.9 Å². The van der Waals surface area contributed by atoms with Crippen LogP contribution in [0.1, 0.15) is 25.0 Å². The van der Waals surface area contributed by atoms with Gasteiger partial charge in [-0.1, -0.05) is 49.7 Å². The monoisotopic (exact) mass is 397 g/mol. The first-order valence-electron chi connectivity index (χ1n) is 8.94. The molecule has 0 spiro atoms. The van der Waals surface area contributed by atoms with Gasteiger partial charge in [-0.25, -0.2) is 0 Å². The predicted octanol–water partition coefficient (Wildman–Crippen LogP) is 5.75. The number of fused-ring (bicyclic) bond motifs is 3. The zero-order valence-corrected chi connectivity index (χ0v) is 16.7. The van der Waals surface area contributed by atoms with Gasteiger partial charge in [-0.15, -0.1) is 11.3 Å². The Morgan fingerprint density at radius 2 is 1.93 bits per heavy atom. The Morgan fingerprint density at radius 3 is 2.59 bits per heavy atom. The number of hydrogen-bond donors (Lipinski definition) is 2. The van der Waals surface area contributed by atoms with Gasteiger partial charge in [0.1, 0.15) is 4.70 Å². The fourth-order valence-electron chi connectivity index (χ4n) is 3.68. The number of H-pyrrole nitrogens is 1. The third-order valence-electron chi connectivity index (χ3n) is 4.80. The molecule has 0 aliphatic carbocycles. The van der Waals surface area contributed by atoms with E-state index in [1.807, 2.05) is 11.4 Å². The molecule has 27 heavy (non-hydrogen) atoms. The highest BCUT2D eigenvalue weighted by Gasteiger charge is 2.18. The largest absolute Gasteiger partial charge is 0.392 e. The summed E-state index contributed by atoms with van der Waals surface area (Å²) in [4.78, 5) is 15.3. The molecule has 2 heterocycles. The van der Waals surface area contributed by atoms with E-state index < -0.39 is 0 Å². The van der Waals surface area contributed by atoms with Crippen LogP contribution < -0.4 is 5.56 Å². The lowest BCUT2D eigenvalue weighted by atomic mass is 9.92. The van der Waals surface area contributed by atoms with Gasteiger partial charge in [0.25, 0.3) is 5.56 Å². The molecule has 2 aromatic heterocycles. The third-order valence-corrected chi connectivity index (χ3v) is 6.01. The summed E-state index contributed by atoms with van der Waals surface area (Å²) in [5, 5.41) is 14.1. The standard InChI is InChI=1S/C22H20ClNO2S/c1-12(2)9-13-3-5-14(6-4-13)18-15(11-25)10-17(23)20-19(18)16-7-8-27-21(16)22(26)24-20/h3-8,10,12,25H,9,11H2,1-2H3,(H,24,26). The minimum absolute atomic E-state index is 0.122. The van der Waals surface area contributed by atoms with Gasteiger partial charge in [-0.05, 0) is 52.1 Å². The van der Waals surface area contributed by atoms with Gasteiger partial charge < -0.3 is 10.1 Å². The van der Waals surface area contributed by atoms with Crippen LogP contribution in [0.25, 0.3) is 32.1 Å². The second-order valence-corrected chi connectivity index (χ2v) is 8.54. The summed E-state index contributed by atoms with van der Waals surface area (Å²) in [5.74, 6) is 0.593. The zero-order valence-electron chi connectivity index (χ0n) is 15.2. The van der Waals surface area contributed by atoms with Crippen molar-refractivity contribution in [3.63, 3.8) is 0 Å². The van der Waals surface area contributed by atoms with Crippen molar-refractivity contribution in [2.45, 2.75) is 26.9 Å². The van der Waals surface area contributed by atoms with E-state index in [0.29, 0.717) is 21.2 Å². The highest BCUT2D eigenvalue weighted by Crippen LogP contribution is 2.39. The third kappa shape index (κ3) is 3.18. The number of hydrogen-bond acceptors (Lipinski definition) is 3. The van der Waals surface area contributed by atoms with Gasteiger partial charge in [0, 0.05) is 10.8 Å². The number of pyridine rings is 1. The number of aromatic amines is 1. The second-order valence-electron chi connectivity index (χ2n) is 7.21. The Hall–Kier alpha value is -2.14. The molecule has 4 aromatic rings. The van der Waals surface area contributed by atoms with E-state index in [1.165, 1.54) is 16.9 Å². The van der Waals surface area contributed by atoms with Crippen LogP contribution >= 0.6 is 22.9 Å². The minimum atomic E-state index is -0.135. The molecule has 0 saturated carbocycles. The van der Waals surface area contributed by atoms with Gasteiger partial charge in [-0.3, -0.25) is 4.79 Å². The minimum Gasteiger partial charge on any atom is -0.392 e. The van der Waals surface area contributed by atoms with Crippen LogP contribution in [0.3, 0.4) is 0 Å². The summed E-state index contributed by atoms with van der Waals surface area (Å²) >= 11 is 7.86. The van der Waals surface area contributed by atoms with E-state index in [4.69, 9.17) is 11.6 Å². The molecule has 2 N–H and O–H groups in total. The number of rotatable bonds is 4. The van der Waals surface area contributed by atoms with Gasteiger partial charge in [-0.2, -0.15) is 0 Å². The molecule has 5 heteroatoms. The van der Waals surface area contributed by atoms with Gasteiger partial charge in [0.2, 0.25) is 0 Å². The van der Waals surface area contributed by atoms with Crippen LogP contribution in [0.15, 0.2) is 46.6 Å². The Kier molecular flexibility index (Phi) is 4.81. The van der Waals surface area contributed by atoms with Crippen LogP contribution in [0, 0.1) is 5.92 Å². The Morgan fingerprint density at radius 1 is 1.19 bits per heavy atom. The smallest absolute Gasteiger partial charge is 0.266 e. The van der Waals surface area contributed by atoms with Crippen molar-refractivity contribution in [1.29, 1.82) is 0 Å². The molecule has 0 unspecified atom stereocenters. The molecule has 0 bridgehead atoms. The molecule has 4 rings (SSSR count). The number of halogens is 1. The summed E-state index contributed by atoms with van der Waals surface area (Å²) in [6, 6.07) is 12.1. The van der Waals surface area contributed by atoms with Crippen molar-refractivity contribution in [2.24, 2.45) is 5.92 Å². The Balaban J connectivity index is 2.05. The number of thiophene rings is 1. The van der Waals surface area contributed by atoms with E-state index in [9.17, 15) is 9.90 Å². The summed E-state index contributed by atoms with van der Waals surface area (Å²) in [6.45, 7) is 4.28. The fraction of sp³-hybridized carbons (Fsp3) is 0.227. The molecule has 138 valence electrons. The molecule has 0 aliphatic heterocycles. The lowest BCUT2D eigenvalue weighted by Crippen LogP contribution is -2.06. The van der Waals surface area contributed by atoms with Crippen molar-refractivity contribution in [2.75, 3.05) is 0 Å². The number of aliphatic hydroxyl groups excluding tert-OH is 1. The SMILES string of the molecule is CC(C)Cc1ccc(-c2c(CO)cc(Cl)c3[nH]c(=O)c4sccc4c23)cc1. The molecular weight excluding hydrogens is 378 g/mol. The lowest BCUT2D eigenvalue weighted by molar-refractivity contribution is 0.282. The van der Waals surface area contributed by atoms with Crippen LogP contribution in [0.5, 0.6) is 0 Å². The van der Waals surface area contributed by atoms with Crippen molar-refractivity contribution >= 4 is 43.9 Å². The van der Waals surface area contributed by atoms with E-state index in [2.05, 4.69) is 43.1 Å². The quantitative estimate of drug-likeness (QED) is 0.460. The average molecular weight is 398 g/mol. The number of nitrogens with one attached hydrogen (secondary N) is 1. The van der Waals surface area contributed by atoms with Crippen molar-refractivity contribution in [3.05, 3.63) is 68.3 Å². The second kappa shape index (κ2) is 7.12. The molecule has 0 fully saturated rings. The normalized spacial score (nSPS) is 11.7. The number of aromatic nitrogens is 1.